The van der Waals surface area contributed by atoms with Gasteiger partial charge in [-0.15, -0.1) is 0 Å². The van der Waals surface area contributed by atoms with Crippen LogP contribution in [0.15, 0.2) is 78.9 Å². The first-order valence-electron chi connectivity index (χ1n) is 8.80. The van der Waals surface area contributed by atoms with Gasteiger partial charge in [0.15, 0.2) is 0 Å². The molecule has 3 amide bonds. The molecule has 0 aliphatic heterocycles. The summed E-state index contributed by atoms with van der Waals surface area (Å²) in [6.07, 6.45) is 0. The van der Waals surface area contributed by atoms with E-state index in [-0.39, 0.29) is 5.91 Å². The topological polar surface area (TPSA) is 93.5 Å². The normalized spacial score (nSPS) is 10.1. The third-order valence-corrected chi connectivity index (χ3v) is 4.04. The minimum Gasteiger partial charge on any atom is -0.489 e. The minimum atomic E-state index is -0.612. The molecule has 0 bridgehead atoms. The summed E-state index contributed by atoms with van der Waals surface area (Å²) in [5, 5.41) is 5.36. The fourth-order valence-corrected chi connectivity index (χ4v) is 2.57. The second-order valence-corrected chi connectivity index (χ2v) is 6.17. The Hall–Kier alpha value is -3.80. The van der Waals surface area contributed by atoms with Gasteiger partial charge in [0.1, 0.15) is 12.4 Å². The molecule has 28 heavy (non-hydrogen) atoms. The molecule has 0 atom stereocenters. The minimum absolute atomic E-state index is 0.158. The molecule has 0 radical (unpaired) electrons. The number of nitrogens with two attached hydrogens (primary N) is 1. The van der Waals surface area contributed by atoms with Crippen LogP contribution < -0.4 is 21.1 Å². The van der Waals surface area contributed by atoms with Crippen LogP contribution in [-0.4, -0.2) is 11.9 Å². The largest absolute Gasteiger partial charge is 0.489 e. The highest BCUT2D eigenvalue weighted by Crippen LogP contribution is 2.13. The number of nitrogens with one attached hydrogen (secondary N) is 2. The van der Waals surface area contributed by atoms with Crippen LogP contribution in [0.3, 0.4) is 0 Å². The zero-order valence-corrected chi connectivity index (χ0v) is 15.2. The monoisotopic (exact) mass is 375 g/mol. The Bertz CT molecular complexity index is 924. The molecule has 0 spiro atoms. The quantitative estimate of drug-likeness (QED) is 0.588. The van der Waals surface area contributed by atoms with Gasteiger partial charge in [-0.1, -0.05) is 42.5 Å². The fraction of sp³-hybridized carbons (Fsp3) is 0.0909. The van der Waals surface area contributed by atoms with Gasteiger partial charge in [0.05, 0.1) is 0 Å². The van der Waals surface area contributed by atoms with Gasteiger partial charge < -0.3 is 21.1 Å². The van der Waals surface area contributed by atoms with Gasteiger partial charge in [-0.3, -0.25) is 4.79 Å². The average Bonchev–Trinajstić information content (AvgIpc) is 2.72. The molecular formula is C22H21N3O3. The maximum absolute atomic E-state index is 12.3. The lowest BCUT2D eigenvalue weighted by Crippen LogP contribution is -2.23. The van der Waals surface area contributed by atoms with E-state index in [0.29, 0.717) is 24.4 Å². The van der Waals surface area contributed by atoms with Crippen molar-refractivity contribution in [2.45, 2.75) is 13.2 Å². The lowest BCUT2D eigenvalue weighted by atomic mass is 10.1. The van der Waals surface area contributed by atoms with Crippen molar-refractivity contribution in [3.8, 4) is 5.75 Å². The van der Waals surface area contributed by atoms with Crippen LogP contribution >= 0.6 is 0 Å². The van der Waals surface area contributed by atoms with Crippen molar-refractivity contribution in [1.82, 2.24) is 5.32 Å². The smallest absolute Gasteiger partial charge is 0.316 e. The van der Waals surface area contributed by atoms with Gasteiger partial charge in [0.2, 0.25) is 0 Å². The number of anilines is 1. The first-order valence-corrected chi connectivity index (χ1v) is 8.80. The summed E-state index contributed by atoms with van der Waals surface area (Å²) in [4.78, 5) is 23.1. The Morgan fingerprint density at radius 1 is 0.821 bits per heavy atom. The number of primary amides is 1. The average molecular weight is 375 g/mol. The second kappa shape index (κ2) is 9.23. The molecule has 0 aliphatic rings. The van der Waals surface area contributed by atoms with Crippen LogP contribution in [0, 0.1) is 0 Å². The van der Waals surface area contributed by atoms with Crippen molar-refractivity contribution in [3.63, 3.8) is 0 Å². The van der Waals surface area contributed by atoms with E-state index < -0.39 is 6.03 Å². The third-order valence-electron chi connectivity index (χ3n) is 4.04. The summed E-state index contributed by atoms with van der Waals surface area (Å²) < 4.78 is 5.70. The Morgan fingerprint density at radius 3 is 2.11 bits per heavy atom. The molecule has 142 valence electrons. The van der Waals surface area contributed by atoms with E-state index in [9.17, 15) is 9.59 Å². The van der Waals surface area contributed by atoms with Crippen LogP contribution in [0.25, 0.3) is 0 Å². The molecule has 0 aromatic heterocycles. The molecule has 0 fully saturated rings. The highest BCUT2D eigenvalue weighted by atomic mass is 16.5. The van der Waals surface area contributed by atoms with Crippen LogP contribution in [0.2, 0.25) is 0 Å². The first-order chi connectivity index (χ1) is 13.6. The molecule has 0 unspecified atom stereocenters. The van der Waals surface area contributed by atoms with Crippen molar-refractivity contribution in [3.05, 3.63) is 95.6 Å². The molecule has 3 aromatic carbocycles. The van der Waals surface area contributed by atoms with E-state index in [1.807, 2.05) is 54.6 Å². The van der Waals surface area contributed by atoms with Crippen LogP contribution in [-0.2, 0) is 13.2 Å². The lowest BCUT2D eigenvalue weighted by molar-refractivity contribution is 0.0951. The molecule has 0 saturated heterocycles. The van der Waals surface area contributed by atoms with Crippen molar-refractivity contribution >= 4 is 17.6 Å². The highest BCUT2D eigenvalue weighted by molar-refractivity contribution is 5.94. The Kier molecular flexibility index (Phi) is 6.25. The number of hydrogen-bond acceptors (Lipinski definition) is 3. The number of benzene rings is 3. The Morgan fingerprint density at radius 2 is 1.46 bits per heavy atom. The first kappa shape index (κ1) is 19.0. The van der Waals surface area contributed by atoms with Gasteiger partial charge in [0.25, 0.3) is 5.91 Å². The molecule has 0 heterocycles. The predicted molar refractivity (Wildman–Crippen MR) is 108 cm³/mol. The molecule has 6 nitrogen and oxygen atoms in total. The van der Waals surface area contributed by atoms with Crippen molar-refractivity contribution in [1.29, 1.82) is 0 Å². The maximum Gasteiger partial charge on any atom is 0.316 e. The summed E-state index contributed by atoms with van der Waals surface area (Å²) in [6.45, 7) is 0.826. The van der Waals surface area contributed by atoms with Gasteiger partial charge >= 0.3 is 6.03 Å². The molecule has 3 rings (SSSR count). The Balaban J connectivity index is 1.49. The maximum atomic E-state index is 12.3. The summed E-state index contributed by atoms with van der Waals surface area (Å²) in [6, 6.07) is 23.4. The van der Waals surface area contributed by atoms with Crippen LogP contribution in [0.5, 0.6) is 5.75 Å². The van der Waals surface area contributed by atoms with Crippen LogP contribution in [0.1, 0.15) is 21.5 Å². The van der Waals surface area contributed by atoms with Crippen molar-refractivity contribution in [2.24, 2.45) is 5.73 Å². The number of amides is 3. The summed E-state index contributed by atoms with van der Waals surface area (Å²) in [7, 11) is 0. The van der Waals surface area contributed by atoms with Crippen LogP contribution in [0.4, 0.5) is 10.5 Å². The summed E-state index contributed by atoms with van der Waals surface area (Å²) in [5.74, 6) is 0.649. The number of rotatable bonds is 7. The fourth-order valence-electron chi connectivity index (χ4n) is 2.57. The lowest BCUT2D eigenvalue weighted by Gasteiger charge is -2.09. The zero-order valence-electron chi connectivity index (χ0n) is 15.2. The number of urea groups is 1. The number of carbonyl (C=O) groups excluding carboxylic acids is 2. The van der Waals surface area contributed by atoms with E-state index in [1.165, 1.54) is 0 Å². The van der Waals surface area contributed by atoms with Gasteiger partial charge in [-0.25, -0.2) is 4.79 Å². The number of ether oxygens (including phenoxy) is 1. The van der Waals surface area contributed by atoms with E-state index in [0.717, 1.165) is 16.9 Å². The predicted octanol–water partition coefficient (Wildman–Crippen LogP) is 3.69. The molecule has 0 saturated carbocycles. The highest BCUT2D eigenvalue weighted by Gasteiger charge is 2.06. The third kappa shape index (κ3) is 5.60. The van der Waals surface area contributed by atoms with Gasteiger partial charge in [0, 0.05) is 17.8 Å². The van der Waals surface area contributed by atoms with Gasteiger partial charge in [-0.05, 0) is 47.5 Å². The molecule has 0 aliphatic carbocycles. The van der Waals surface area contributed by atoms with E-state index >= 15 is 0 Å². The second-order valence-electron chi connectivity index (χ2n) is 6.17. The van der Waals surface area contributed by atoms with Gasteiger partial charge in [-0.2, -0.15) is 0 Å². The zero-order chi connectivity index (χ0) is 19.8. The number of hydrogen-bond donors (Lipinski definition) is 3. The van der Waals surface area contributed by atoms with E-state index in [2.05, 4.69) is 10.6 Å². The molecule has 4 N–H and O–H groups in total. The van der Waals surface area contributed by atoms with E-state index in [1.54, 1.807) is 24.3 Å². The molecule has 3 aromatic rings. The van der Waals surface area contributed by atoms with Crippen molar-refractivity contribution in [2.75, 3.05) is 5.32 Å². The molecular weight excluding hydrogens is 354 g/mol. The summed E-state index contributed by atoms with van der Waals surface area (Å²) >= 11 is 0. The Labute approximate surface area is 163 Å². The standard InChI is InChI=1S/C22H21N3O3/c23-22(27)25-19-12-8-16(9-13-19)14-24-21(26)18-10-6-17(7-11-18)15-28-20-4-2-1-3-5-20/h1-13H,14-15H2,(H,24,26)(H3,23,25,27). The summed E-state index contributed by atoms with van der Waals surface area (Å²) in [5.41, 5.74) is 8.15. The number of para-hydroxylation sites is 1. The molecule has 6 heteroatoms. The SMILES string of the molecule is NC(=O)Nc1ccc(CNC(=O)c2ccc(COc3ccccc3)cc2)cc1. The van der Waals surface area contributed by atoms with Crippen molar-refractivity contribution < 1.29 is 14.3 Å². The number of carbonyl (C=O) groups is 2. The van der Waals surface area contributed by atoms with E-state index in [4.69, 9.17) is 10.5 Å².